The fourth-order valence-corrected chi connectivity index (χ4v) is 1.62. The smallest absolute Gasteiger partial charge is 0.221 e. The van der Waals surface area contributed by atoms with Gasteiger partial charge in [-0.2, -0.15) is 0 Å². The van der Waals surface area contributed by atoms with Crippen LogP contribution in [0.15, 0.2) is 30.6 Å². The number of nitrogens with one attached hydrogen (secondary N) is 2. The van der Waals surface area contributed by atoms with Crippen LogP contribution in [-0.2, 0) is 4.79 Å². The Balaban J connectivity index is 0.000000390. The zero-order valence-corrected chi connectivity index (χ0v) is 15.5. The third-order valence-corrected chi connectivity index (χ3v) is 2.67. The highest BCUT2D eigenvalue weighted by molar-refractivity contribution is 5.92. The zero-order valence-electron chi connectivity index (χ0n) is 15.5. The zero-order chi connectivity index (χ0) is 18.5. The maximum atomic E-state index is 10.7. The molecule has 0 fully saturated rings. The third-order valence-electron chi connectivity index (χ3n) is 2.67. The Morgan fingerprint density at radius 3 is 2.25 bits per heavy atom. The number of benzene rings is 1. The summed E-state index contributed by atoms with van der Waals surface area (Å²) in [6, 6.07) is 8.29. The van der Waals surface area contributed by atoms with E-state index in [-0.39, 0.29) is 11.7 Å². The summed E-state index contributed by atoms with van der Waals surface area (Å²) in [5.41, 5.74) is 9.13. The molecule has 0 aliphatic heterocycles. The number of nitrogen functional groups attached to an aromatic ring is 1. The topological polar surface area (TPSA) is 92.9 Å². The standard InChI is InChI=1S/C8H11N.C7H10N4O.C3H8/c1-7-4-3-5-8(6-7)9-2;1-4-6(11-5(2)12)7(8)10-3-9-4;1-3-2/h3-6,9H,1-2H3;3H,1-2H3,(H,11,12)(H2,8,9,10);3H2,1-2H3. The Kier molecular flexibility index (Phi) is 10.6. The number of nitrogens with two attached hydrogens (primary N) is 1. The van der Waals surface area contributed by atoms with Crippen molar-refractivity contribution in [3.8, 4) is 0 Å². The summed E-state index contributed by atoms with van der Waals surface area (Å²) in [7, 11) is 1.93. The number of carbonyl (C=O) groups is 1. The largest absolute Gasteiger partial charge is 0.388 e. The number of hydrogen-bond donors (Lipinski definition) is 3. The number of rotatable bonds is 2. The quantitative estimate of drug-likeness (QED) is 0.779. The Labute approximate surface area is 144 Å². The van der Waals surface area contributed by atoms with Crippen molar-refractivity contribution in [2.75, 3.05) is 23.4 Å². The molecule has 4 N–H and O–H groups in total. The van der Waals surface area contributed by atoms with Crippen molar-refractivity contribution in [3.63, 3.8) is 0 Å². The number of amides is 1. The molecule has 6 heteroatoms. The lowest BCUT2D eigenvalue weighted by Crippen LogP contribution is -2.11. The molecular formula is C18H29N5O. The molecule has 0 aliphatic rings. The molecule has 2 rings (SSSR count). The summed E-state index contributed by atoms with van der Waals surface area (Å²) in [4.78, 5) is 18.3. The van der Waals surface area contributed by atoms with Crippen LogP contribution in [0.25, 0.3) is 0 Å². The fraction of sp³-hybridized carbons (Fsp3) is 0.389. The summed E-state index contributed by atoms with van der Waals surface area (Å²) in [6.07, 6.45) is 2.61. The van der Waals surface area contributed by atoms with Gasteiger partial charge in [-0.1, -0.05) is 32.4 Å². The molecule has 0 atom stereocenters. The Bertz CT molecular complexity index is 608. The van der Waals surface area contributed by atoms with Gasteiger partial charge in [0.1, 0.15) is 12.0 Å². The lowest BCUT2D eigenvalue weighted by Gasteiger charge is -2.06. The van der Waals surface area contributed by atoms with E-state index in [1.165, 1.54) is 30.9 Å². The summed E-state index contributed by atoms with van der Waals surface area (Å²) >= 11 is 0. The number of hydrogen-bond acceptors (Lipinski definition) is 5. The molecule has 0 radical (unpaired) electrons. The van der Waals surface area contributed by atoms with Crippen LogP contribution in [0.2, 0.25) is 0 Å². The van der Waals surface area contributed by atoms with E-state index in [2.05, 4.69) is 53.5 Å². The van der Waals surface area contributed by atoms with Crippen LogP contribution < -0.4 is 16.4 Å². The summed E-state index contributed by atoms with van der Waals surface area (Å²) in [5, 5.41) is 5.62. The van der Waals surface area contributed by atoms with Gasteiger partial charge in [0.05, 0.1) is 5.69 Å². The molecule has 1 aromatic carbocycles. The minimum atomic E-state index is -0.181. The predicted octanol–water partition coefficient (Wildman–Crippen LogP) is 3.78. The molecule has 6 nitrogen and oxygen atoms in total. The second-order valence-corrected chi connectivity index (χ2v) is 5.23. The van der Waals surface area contributed by atoms with Crippen molar-refractivity contribution in [2.24, 2.45) is 0 Å². The number of aromatic nitrogens is 2. The van der Waals surface area contributed by atoms with E-state index in [0.29, 0.717) is 11.4 Å². The van der Waals surface area contributed by atoms with Gasteiger partial charge in [-0.05, 0) is 31.5 Å². The van der Waals surface area contributed by atoms with Crippen LogP contribution >= 0.6 is 0 Å². The molecule has 24 heavy (non-hydrogen) atoms. The Morgan fingerprint density at radius 2 is 1.83 bits per heavy atom. The molecule has 0 unspecified atom stereocenters. The molecule has 0 saturated carbocycles. The van der Waals surface area contributed by atoms with Crippen molar-refractivity contribution in [1.82, 2.24) is 9.97 Å². The minimum Gasteiger partial charge on any atom is -0.388 e. The van der Waals surface area contributed by atoms with Crippen LogP contribution in [-0.4, -0.2) is 22.9 Å². The minimum absolute atomic E-state index is 0.181. The van der Waals surface area contributed by atoms with E-state index in [9.17, 15) is 4.79 Å². The summed E-state index contributed by atoms with van der Waals surface area (Å²) in [5.74, 6) is 0.109. The first kappa shape index (κ1) is 21.4. The van der Waals surface area contributed by atoms with Crippen LogP contribution in [0.3, 0.4) is 0 Å². The van der Waals surface area contributed by atoms with E-state index in [1.54, 1.807) is 6.92 Å². The monoisotopic (exact) mass is 331 g/mol. The lowest BCUT2D eigenvalue weighted by atomic mass is 10.2. The highest BCUT2D eigenvalue weighted by Gasteiger charge is 2.05. The Morgan fingerprint density at radius 1 is 1.21 bits per heavy atom. The molecule has 2 aromatic rings. The van der Waals surface area contributed by atoms with Crippen LogP contribution in [0, 0.1) is 13.8 Å². The van der Waals surface area contributed by atoms with Crippen molar-refractivity contribution in [3.05, 3.63) is 41.9 Å². The number of nitrogens with zero attached hydrogens (tertiary/aromatic N) is 2. The van der Waals surface area contributed by atoms with E-state index >= 15 is 0 Å². The summed E-state index contributed by atoms with van der Waals surface area (Å²) < 4.78 is 0. The maximum Gasteiger partial charge on any atom is 0.221 e. The van der Waals surface area contributed by atoms with Gasteiger partial charge in [0.15, 0.2) is 5.82 Å². The first-order valence-corrected chi connectivity index (χ1v) is 7.94. The van der Waals surface area contributed by atoms with Gasteiger partial charge in [0, 0.05) is 19.7 Å². The van der Waals surface area contributed by atoms with Gasteiger partial charge in [0.2, 0.25) is 5.91 Å². The SMILES string of the molecule is CC(=O)Nc1c(C)ncnc1N.CCC.CNc1cccc(C)c1. The van der Waals surface area contributed by atoms with E-state index < -0.39 is 0 Å². The second kappa shape index (κ2) is 11.9. The second-order valence-electron chi connectivity index (χ2n) is 5.23. The van der Waals surface area contributed by atoms with Gasteiger partial charge in [-0.15, -0.1) is 0 Å². The van der Waals surface area contributed by atoms with Crippen LogP contribution in [0.1, 0.15) is 38.4 Å². The molecule has 0 aliphatic carbocycles. The molecule has 0 spiro atoms. The number of anilines is 3. The average molecular weight is 331 g/mol. The highest BCUT2D eigenvalue weighted by Crippen LogP contribution is 2.17. The molecular weight excluding hydrogens is 302 g/mol. The van der Waals surface area contributed by atoms with E-state index in [1.807, 2.05) is 19.2 Å². The van der Waals surface area contributed by atoms with Crippen molar-refractivity contribution >= 4 is 23.1 Å². The molecule has 0 bridgehead atoms. The van der Waals surface area contributed by atoms with Gasteiger partial charge in [-0.25, -0.2) is 9.97 Å². The molecule has 1 amide bonds. The van der Waals surface area contributed by atoms with Crippen molar-refractivity contribution in [1.29, 1.82) is 0 Å². The molecule has 1 heterocycles. The summed E-state index contributed by atoms with van der Waals surface area (Å²) in [6.45, 7) is 9.50. The number of aryl methyl sites for hydroxylation is 2. The van der Waals surface area contributed by atoms with Gasteiger partial charge in [0.25, 0.3) is 0 Å². The van der Waals surface area contributed by atoms with Crippen molar-refractivity contribution in [2.45, 2.75) is 41.0 Å². The fourth-order valence-electron chi connectivity index (χ4n) is 1.62. The molecule has 1 aromatic heterocycles. The van der Waals surface area contributed by atoms with E-state index in [0.717, 1.165) is 0 Å². The Hall–Kier alpha value is -2.63. The third kappa shape index (κ3) is 8.73. The highest BCUT2D eigenvalue weighted by atomic mass is 16.1. The molecule has 132 valence electrons. The van der Waals surface area contributed by atoms with Gasteiger partial charge < -0.3 is 16.4 Å². The predicted molar refractivity (Wildman–Crippen MR) is 102 cm³/mol. The normalized spacial score (nSPS) is 8.92. The van der Waals surface area contributed by atoms with Gasteiger partial charge in [-0.3, -0.25) is 4.79 Å². The lowest BCUT2D eigenvalue weighted by molar-refractivity contribution is -0.114. The van der Waals surface area contributed by atoms with Crippen LogP contribution in [0.5, 0.6) is 0 Å². The molecule has 0 saturated heterocycles. The first-order valence-electron chi connectivity index (χ1n) is 7.94. The van der Waals surface area contributed by atoms with Gasteiger partial charge >= 0.3 is 0 Å². The van der Waals surface area contributed by atoms with Crippen LogP contribution in [0.4, 0.5) is 17.2 Å². The number of carbonyl (C=O) groups excluding carboxylic acids is 1. The average Bonchev–Trinajstić information content (AvgIpc) is 2.52. The van der Waals surface area contributed by atoms with E-state index in [4.69, 9.17) is 5.73 Å². The van der Waals surface area contributed by atoms with Crippen molar-refractivity contribution < 1.29 is 4.79 Å². The maximum absolute atomic E-state index is 10.7. The first-order chi connectivity index (χ1) is 11.3.